The summed E-state index contributed by atoms with van der Waals surface area (Å²) in [5.41, 5.74) is -0.325. The quantitative estimate of drug-likeness (QED) is 0.783. The van der Waals surface area contributed by atoms with Crippen molar-refractivity contribution in [3.05, 3.63) is 0 Å². The fourth-order valence-electron chi connectivity index (χ4n) is 4.02. The van der Waals surface area contributed by atoms with Crippen molar-refractivity contribution in [1.82, 2.24) is 5.32 Å². The highest BCUT2D eigenvalue weighted by Gasteiger charge is 2.34. The maximum Gasteiger partial charge on any atom is 0.220 e. The second kappa shape index (κ2) is 8.17. The van der Waals surface area contributed by atoms with Gasteiger partial charge in [-0.15, -0.1) is 0 Å². The number of hydrogen-bond donors (Lipinski definition) is 2. The molecule has 0 heterocycles. The van der Waals surface area contributed by atoms with Crippen LogP contribution in [-0.4, -0.2) is 23.2 Å². The SMILES string of the molecule is CC1CCC(CO)(NC(=O)CCCC2CCCCC2)CC1. The number of nitrogens with one attached hydrogen (secondary N) is 1. The van der Waals surface area contributed by atoms with E-state index >= 15 is 0 Å². The van der Waals surface area contributed by atoms with Crippen LogP contribution >= 0.6 is 0 Å². The third-order valence-corrected chi connectivity index (χ3v) is 5.68. The highest BCUT2D eigenvalue weighted by Crippen LogP contribution is 2.32. The Balaban J connectivity index is 1.67. The van der Waals surface area contributed by atoms with Crippen LogP contribution in [0.1, 0.15) is 84.0 Å². The molecule has 0 atom stereocenters. The molecule has 0 spiro atoms. The molecule has 0 aromatic heterocycles. The molecule has 3 heteroatoms. The topological polar surface area (TPSA) is 49.3 Å². The number of rotatable bonds is 6. The van der Waals surface area contributed by atoms with Crippen molar-refractivity contribution in [2.45, 2.75) is 89.5 Å². The van der Waals surface area contributed by atoms with Gasteiger partial charge in [0.2, 0.25) is 5.91 Å². The van der Waals surface area contributed by atoms with Crippen LogP contribution in [0.3, 0.4) is 0 Å². The predicted octanol–water partition coefficient (Wildman–Crippen LogP) is 3.79. The summed E-state index contributed by atoms with van der Waals surface area (Å²) in [7, 11) is 0. The van der Waals surface area contributed by atoms with E-state index in [-0.39, 0.29) is 18.1 Å². The molecule has 2 saturated carbocycles. The molecule has 0 aromatic carbocycles. The van der Waals surface area contributed by atoms with Gasteiger partial charge in [0.1, 0.15) is 0 Å². The van der Waals surface area contributed by atoms with Crippen LogP contribution in [0, 0.1) is 11.8 Å². The van der Waals surface area contributed by atoms with Crippen LogP contribution in [0.15, 0.2) is 0 Å². The molecule has 0 aliphatic heterocycles. The van der Waals surface area contributed by atoms with Gasteiger partial charge in [-0.2, -0.15) is 0 Å². The van der Waals surface area contributed by atoms with Crippen LogP contribution in [0.4, 0.5) is 0 Å². The zero-order chi connectivity index (χ0) is 15.1. The summed E-state index contributed by atoms with van der Waals surface area (Å²) in [5, 5.41) is 12.8. The van der Waals surface area contributed by atoms with Gasteiger partial charge in [0, 0.05) is 6.42 Å². The van der Waals surface area contributed by atoms with E-state index in [9.17, 15) is 9.90 Å². The summed E-state index contributed by atoms with van der Waals surface area (Å²) < 4.78 is 0. The summed E-state index contributed by atoms with van der Waals surface area (Å²) in [4.78, 5) is 12.2. The molecule has 0 radical (unpaired) electrons. The minimum Gasteiger partial charge on any atom is -0.394 e. The lowest BCUT2D eigenvalue weighted by molar-refractivity contribution is -0.124. The van der Waals surface area contributed by atoms with E-state index in [2.05, 4.69) is 12.2 Å². The Morgan fingerprint density at radius 3 is 2.43 bits per heavy atom. The maximum absolute atomic E-state index is 12.2. The van der Waals surface area contributed by atoms with Crippen molar-refractivity contribution in [1.29, 1.82) is 0 Å². The maximum atomic E-state index is 12.2. The Labute approximate surface area is 129 Å². The number of amides is 1. The first kappa shape index (κ1) is 16.8. The smallest absolute Gasteiger partial charge is 0.220 e. The summed E-state index contributed by atoms with van der Waals surface area (Å²) in [5.74, 6) is 1.73. The minimum absolute atomic E-state index is 0.0914. The molecule has 2 aliphatic carbocycles. The largest absolute Gasteiger partial charge is 0.394 e. The van der Waals surface area contributed by atoms with Gasteiger partial charge in [0.25, 0.3) is 0 Å². The Hall–Kier alpha value is -0.570. The Kier molecular flexibility index (Phi) is 6.53. The number of carbonyl (C=O) groups excluding carboxylic acids is 1. The fraction of sp³-hybridized carbons (Fsp3) is 0.944. The Morgan fingerprint density at radius 2 is 1.81 bits per heavy atom. The standard InChI is InChI=1S/C18H33NO2/c1-15-10-12-18(14-20,13-11-15)19-17(21)9-5-8-16-6-3-2-4-7-16/h15-16,20H,2-14H2,1H3,(H,19,21). The van der Waals surface area contributed by atoms with Crippen molar-refractivity contribution in [2.24, 2.45) is 11.8 Å². The normalized spacial score (nSPS) is 31.0. The molecule has 0 aromatic rings. The molecule has 122 valence electrons. The molecule has 0 unspecified atom stereocenters. The lowest BCUT2D eigenvalue weighted by atomic mass is 9.77. The van der Waals surface area contributed by atoms with Gasteiger partial charge in [-0.3, -0.25) is 4.79 Å². The molecule has 21 heavy (non-hydrogen) atoms. The Morgan fingerprint density at radius 1 is 1.14 bits per heavy atom. The monoisotopic (exact) mass is 295 g/mol. The average molecular weight is 295 g/mol. The van der Waals surface area contributed by atoms with E-state index in [0.29, 0.717) is 6.42 Å². The van der Waals surface area contributed by atoms with Crippen LogP contribution in [0.5, 0.6) is 0 Å². The first-order chi connectivity index (χ1) is 10.1. The van der Waals surface area contributed by atoms with Crippen LogP contribution in [0.25, 0.3) is 0 Å². The van der Waals surface area contributed by atoms with E-state index < -0.39 is 0 Å². The van der Waals surface area contributed by atoms with E-state index in [1.807, 2.05) is 0 Å². The van der Waals surface area contributed by atoms with Crippen molar-refractivity contribution >= 4 is 5.91 Å². The third-order valence-electron chi connectivity index (χ3n) is 5.68. The summed E-state index contributed by atoms with van der Waals surface area (Å²) in [6.45, 7) is 2.35. The number of aliphatic hydroxyl groups is 1. The van der Waals surface area contributed by atoms with E-state index in [0.717, 1.165) is 43.9 Å². The molecule has 3 nitrogen and oxygen atoms in total. The highest BCUT2D eigenvalue weighted by molar-refractivity contribution is 5.76. The molecule has 2 rings (SSSR count). The first-order valence-electron chi connectivity index (χ1n) is 9.05. The molecule has 0 saturated heterocycles. The van der Waals surface area contributed by atoms with Crippen LogP contribution < -0.4 is 5.32 Å². The number of carbonyl (C=O) groups is 1. The molecule has 2 fully saturated rings. The van der Waals surface area contributed by atoms with Crippen molar-refractivity contribution in [2.75, 3.05) is 6.61 Å². The second-order valence-corrected chi connectivity index (χ2v) is 7.57. The van der Waals surface area contributed by atoms with Gasteiger partial charge < -0.3 is 10.4 Å². The highest BCUT2D eigenvalue weighted by atomic mass is 16.3. The predicted molar refractivity (Wildman–Crippen MR) is 86.0 cm³/mol. The Bertz CT molecular complexity index is 315. The van der Waals surface area contributed by atoms with Gasteiger partial charge in [0.05, 0.1) is 12.1 Å². The van der Waals surface area contributed by atoms with E-state index in [1.165, 1.54) is 38.5 Å². The lowest BCUT2D eigenvalue weighted by Gasteiger charge is -2.38. The molecule has 1 amide bonds. The van der Waals surface area contributed by atoms with Crippen molar-refractivity contribution < 1.29 is 9.90 Å². The fourth-order valence-corrected chi connectivity index (χ4v) is 4.02. The van der Waals surface area contributed by atoms with Gasteiger partial charge in [0.15, 0.2) is 0 Å². The zero-order valence-corrected chi connectivity index (χ0v) is 13.7. The van der Waals surface area contributed by atoms with Gasteiger partial charge in [-0.25, -0.2) is 0 Å². The number of aliphatic hydroxyl groups excluding tert-OH is 1. The summed E-state index contributed by atoms with van der Waals surface area (Å²) in [6, 6.07) is 0. The zero-order valence-electron chi connectivity index (χ0n) is 13.7. The second-order valence-electron chi connectivity index (χ2n) is 7.57. The summed E-state index contributed by atoms with van der Waals surface area (Å²) >= 11 is 0. The molecule has 2 N–H and O–H groups in total. The van der Waals surface area contributed by atoms with Crippen LogP contribution in [-0.2, 0) is 4.79 Å². The first-order valence-corrected chi connectivity index (χ1v) is 9.05. The molecule has 0 bridgehead atoms. The van der Waals surface area contributed by atoms with E-state index in [1.54, 1.807) is 0 Å². The lowest BCUT2D eigenvalue weighted by Crippen LogP contribution is -2.53. The molecular formula is C18H33NO2. The van der Waals surface area contributed by atoms with Crippen LogP contribution in [0.2, 0.25) is 0 Å². The molecular weight excluding hydrogens is 262 g/mol. The molecule has 2 aliphatic rings. The minimum atomic E-state index is -0.325. The van der Waals surface area contributed by atoms with Crippen molar-refractivity contribution in [3.8, 4) is 0 Å². The average Bonchev–Trinajstić information content (AvgIpc) is 2.51. The third kappa shape index (κ3) is 5.28. The number of hydrogen-bond acceptors (Lipinski definition) is 2. The van der Waals surface area contributed by atoms with Gasteiger partial charge in [-0.05, 0) is 50.4 Å². The van der Waals surface area contributed by atoms with Crippen molar-refractivity contribution in [3.63, 3.8) is 0 Å². The van der Waals surface area contributed by atoms with E-state index in [4.69, 9.17) is 0 Å². The summed E-state index contributed by atoms with van der Waals surface area (Å²) in [6.07, 6.45) is 13.8. The van der Waals surface area contributed by atoms with Gasteiger partial charge >= 0.3 is 0 Å². The van der Waals surface area contributed by atoms with Gasteiger partial charge in [-0.1, -0.05) is 39.0 Å².